The van der Waals surface area contributed by atoms with Crippen LogP contribution in [0.15, 0.2) is 47.4 Å². The number of nitrogens with zero attached hydrogens (tertiary/aromatic N) is 4. The largest absolute Gasteiger partial charge is 0.497 e. The number of ether oxygens (including phenoxy) is 2. The number of aryl methyl sites for hydroxylation is 1. The minimum atomic E-state index is 0.498. The van der Waals surface area contributed by atoms with E-state index in [9.17, 15) is 0 Å². The molecule has 0 aliphatic carbocycles. The van der Waals surface area contributed by atoms with E-state index >= 15 is 0 Å². The van der Waals surface area contributed by atoms with E-state index in [4.69, 9.17) is 31.2 Å². The highest BCUT2D eigenvalue weighted by molar-refractivity contribution is 7.98. The van der Waals surface area contributed by atoms with Crippen LogP contribution in [0.5, 0.6) is 5.75 Å². The molecule has 6 nitrogen and oxygen atoms in total. The molecule has 37 heavy (non-hydrogen) atoms. The quantitative estimate of drug-likeness (QED) is 0.211. The maximum Gasteiger partial charge on any atom is 0.165 e. The van der Waals surface area contributed by atoms with E-state index in [1.165, 1.54) is 10.5 Å². The van der Waals surface area contributed by atoms with Gasteiger partial charge in [-0.05, 0) is 55.0 Å². The highest BCUT2D eigenvalue weighted by Crippen LogP contribution is 2.39. The lowest BCUT2D eigenvalue weighted by molar-refractivity contribution is 0.133. The van der Waals surface area contributed by atoms with Crippen LogP contribution < -0.4 is 9.64 Å². The Labute approximate surface area is 227 Å². The molecule has 1 aliphatic heterocycles. The number of benzene rings is 2. The number of hydrogen-bond donors (Lipinski definition) is 0. The summed E-state index contributed by atoms with van der Waals surface area (Å²) in [7, 11) is 1.64. The summed E-state index contributed by atoms with van der Waals surface area (Å²) in [4.78, 5) is 8.78. The minimum Gasteiger partial charge on any atom is -0.497 e. The summed E-state index contributed by atoms with van der Waals surface area (Å²) in [6.07, 6.45) is 3.20. The number of methoxy groups -OCH3 is 1. The Balaban J connectivity index is 1.69. The molecule has 5 rings (SSSR count). The van der Waals surface area contributed by atoms with E-state index in [0.29, 0.717) is 24.2 Å². The van der Waals surface area contributed by atoms with Gasteiger partial charge in [0.25, 0.3) is 0 Å². The number of anilines is 1. The summed E-state index contributed by atoms with van der Waals surface area (Å²) in [5.41, 5.74) is 6.88. The third-order valence-corrected chi connectivity index (χ3v) is 8.14. The van der Waals surface area contributed by atoms with Crippen molar-refractivity contribution < 1.29 is 9.47 Å². The minimum absolute atomic E-state index is 0.498. The molecule has 2 aromatic heterocycles. The summed E-state index contributed by atoms with van der Waals surface area (Å²) in [5.74, 6) is 2.29. The van der Waals surface area contributed by atoms with E-state index in [2.05, 4.69) is 49.3 Å². The second kappa shape index (κ2) is 10.9. The van der Waals surface area contributed by atoms with Crippen molar-refractivity contribution in [3.63, 3.8) is 0 Å². The molecule has 1 atom stereocenters. The fraction of sp³-hybridized carbons (Fsp3) is 0.379. The van der Waals surface area contributed by atoms with Crippen molar-refractivity contribution in [2.24, 2.45) is 5.92 Å². The normalized spacial score (nSPS) is 13.7. The third-order valence-electron chi connectivity index (χ3n) is 7.09. The molecule has 0 spiro atoms. The molecular formula is C29H33ClN4O2S. The predicted octanol–water partition coefficient (Wildman–Crippen LogP) is 7.17. The summed E-state index contributed by atoms with van der Waals surface area (Å²) in [6.45, 7) is 9.29. The van der Waals surface area contributed by atoms with Gasteiger partial charge >= 0.3 is 0 Å². The summed E-state index contributed by atoms with van der Waals surface area (Å²) in [5, 5.41) is 5.65. The monoisotopic (exact) mass is 536 g/mol. The Morgan fingerprint density at radius 2 is 1.97 bits per heavy atom. The van der Waals surface area contributed by atoms with Crippen molar-refractivity contribution in [3.8, 4) is 16.9 Å². The van der Waals surface area contributed by atoms with Crippen LogP contribution in [0.3, 0.4) is 0 Å². The van der Waals surface area contributed by atoms with Gasteiger partial charge in [-0.15, -0.1) is 11.8 Å². The van der Waals surface area contributed by atoms with Gasteiger partial charge in [0.15, 0.2) is 5.65 Å². The maximum atomic E-state index is 6.73. The highest BCUT2D eigenvalue weighted by Gasteiger charge is 2.29. The van der Waals surface area contributed by atoms with E-state index in [1.54, 1.807) is 18.9 Å². The van der Waals surface area contributed by atoms with Crippen molar-refractivity contribution >= 4 is 34.8 Å². The molecule has 1 unspecified atom stereocenters. The molecule has 4 aromatic rings. The van der Waals surface area contributed by atoms with E-state index in [1.807, 2.05) is 29.6 Å². The summed E-state index contributed by atoms with van der Waals surface area (Å²) in [6, 6.07) is 14.6. The number of rotatable bonds is 9. The van der Waals surface area contributed by atoms with Crippen LogP contribution >= 0.6 is 23.4 Å². The molecule has 0 saturated carbocycles. The van der Waals surface area contributed by atoms with E-state index in [-0.39, 0.29) is 0 Å². The average Bonchev–Trinajstić information content (AvgIpc) is 3.50. The first-order valence-corrected chi connectivity index (χ1v) is 14.2. The fourth-order valence-corrected chi connectivity index (χ4v) is 5.56. The molecular weight excluding hydrogens is 504 g/mol. The van der Waals surface area contributed by atoms with Crippen LogP contribution in [-0.2, 0) is 24.5 Å². The van der Waals surface area contributed by atoms with Crippen molar-refractivity contribution in [1.82, 2.24) is 14.6 Å². The van der Waals surface area contributed by atoms with Gasteiger partial charge in [-0.3, -0.25) is 0 Å². The molecule has 0 radical (unpaired) electrons. The predicted molar refractivity (Wildman–Crippen MR) is 152 cm³/mol. The Kier molecular flexibility index (Phi) is 7.65. The molecule has 194 valence electrons. The smallest absolute Gasteiger partial charge is 0.165 e. The fourth-order valence-electron chi connectivity index (χ4n) is 4.88. The van der Waals surface area contributed by atoms with Gasteiger partial charge in [-0.1, -0.05) is 44.0 Å². The standard InChI is InChI=1S/C29H33ClN4O2S/c1-6-18(2)14-33(15-20-7-10-22(37-5)11-8-20)29-24-16-36-17-26(24)31-28-27(19(3)32-34(28)29)23-12-9-21(35-4)13-25(23)30/h7-13,18H,6,14-17H2,1-5H3. The number of thioether (sulfide) groups is 1. The van der Waals surface area contributed by atoms with Gasteiger partial charge in [0, 0.05) is 29.1 Å². The Morgan fingerprint density at radius 1 is 1.19 bits per heavy atom. The van der Waals surface area contributed by atoms with E-state index in [0.717, 1.165) is 64.8 Å². The van der Waals surface area contributed by atoms with Gasteiger partial charge in [-0.25, -0.2) is 4.98 Å². The van der Waals surface area contributed by atoms with Crippen LogP contribution in [0.25, 0.3) is 16.8 Å². The van der Waals surface area contributed by atoms with Crippen LogP contribution in [0.4, 0.5) is 5.82 Å². The number of hydrogen-bond acceptors (Lipinski definition) is 6. The van der Waals surface area contributed by atoms with Crippen LogP contribution in [0.1, 0.15) is 42.8 Å². The second-order valence-corrected chi connectivity index (χ2v) is 10.9. The lowest BCUT2D eigenvalue weighted by Crippen LogP contribution is -2.31. The van der Waals surface area contributed by atoms with E-state index < -0.39 is 0 Å². The Morgan fingerprint density at radius 3 is 2.65 bits per heavy atom. The molecule has 1 aliphatic rings. The Hall–Kier alpha value is -2.74. The second-order valence-electron chi connectivity index (χ2n) is 9.64. The lowest BCUT2D eigenvalue weighted by Gasteiger charge is -2.29. The van der Waals surface area contributed by atoms with Gasteiger partial charge in [-0.2, -0.15) is 9.61 Å². The van der Waals surface area contributed by atoms with Gasteiger partial charge in [0.2, 0.25) is 0 Å². The number of halogens is 1. The first kappa shape index (κ1) is 25.9. The molecule has 0 amide bonds. The Bertz CT molecular complexity index is 1420. The zero-order valence-electron chi connectivity index (χ0n) is 22.0. The zero-order valence-corrected chi connectivity index (χ0v) is 23.6. The van der Waals surface area contributed by atoms with Crippen LogP contribution in [0, 0.1) is 12.8 Å². The van der Waals surface area contributed by atoms with Crippen molar-refractivity contribution in [1.29, 1.82) is 0 Å². The lowest BCUT2D eigenvalue weighted by atomic mass is 10.1. The van der Waals surface area contributed by atoms with Crippen LogP contribution in [-0.4, -0.2) is 34.5 Å². The first-order valence-electron chi connectivity index (χ1n) is 12.6. The zero-order chi connectivity index (χ0) is 26.1. The molecule has 2 aromatic carbocycles. The van der Waals surface area contributed by atoms with Gasteiger partial charge in [0.05, 0.1) is 42.3 Å². The summed E-state index contributed by atoms with van der Waals surface area (Å²) >= 11 is 8.49. The van der Waals surface area contributed by atoms with Gasteiger partial charge in [0.1, 0.15) is 11.6 Å². The van der Waals surface area contributed by atoms with Crippen molar-refractivity contribution in [2.45, 2.75) is 51.8 Å². The summed E-state index contributed by atoms with van der Waals surface area (Å²) < 4.78 is 13.3. The SMILES string of the molecule is CCC(C)CN(Cc1ccc(SC)cc1)c1c2c(nc3c(-c4ccc(OC)cc4Cl)c(C)nn13)COC2. The average molecular weight is 537 g/mol. The van der Waals surface area contributed by atoms with Crippen molar-refractivity contribution in [2.75, 3.05) is 24.8 Å². The highest BCUT2D eigenvalue weighted by atomic mass is 35.5. The molecule has 3 heterocycles. The molecule has 0 saturated heterocycles. The molecule has 0 N–H and O–H groups in total. The molecule has 0 fully saturated rings. The third kappa shape index (κ3) is 5.05. The van der Waals surface area contributed by atoms with Crippen molar-refractivity contribution in [3.05, 3.63) is 70.0 Å². The molecule has 8 heteroatoms. The maximum absolute atomic E-state index is 6.73. The van der Waals surface area contributed by atoms with Crippen LogP contribution in [0.2, 0.25) is 5.02 Å². The number of aromatic nitrogens is 3. The first-order chi connectivity index (χ1) is 17.9. The van der Waals surface area contributed by atoms with Gasteiger partial charge < -0.3 is 14.4 Å². The molecule has 0 bridgehead atoms. The number of fused-ring (bicyclic) bond motifs is 2. The topological polar surface area (TPSA) is 51.9 Å².